The van der Waals surface area contributed by atoms with Crippen molar-refractivity contribution in [1.82, 2.24) is 9.78 Å². The summed E-state index contributed by atoms with van der Waals surface area (Å²) in [6.45, 7) is 4.22. The van der Waals surface area contributed by atoms with Gasteiger partial charge in [-0.25, -0.2) is 4.68 Å². The minimum absolute atomic E-state index is 0.00154. The molecule has 0 radical (unpaired) electrons. The van der Waals surface area contributed by atoms with E-state index in [1.165, 1.54) is 4.68 Å². The molecule has 0 fully saturated rings. The summed E-state index contributed by atoms with van der Waals surface area (Å²) in [6.07, 6.45) is -0.840. The van der Waals surface area contributed by atoms with Crippen molar-refractivity contribution < 1.29 is 13.2 Å². The van der Waals surface area contributed by atoms with Gasteiger partial charge >= 0.3 is 6.18 Å². The summed E-state index contributed by atoms with van der Waals surface area (Å²) < 4.78 is 39.8. The van der Waals surface area contributed by atoms with Crippen LogP contribution in [0.25, 0.3) is 5.69 Å². The summed E-state index contributed by atoms with van der Waals surface area (Å²) in [5.41, 5.74) is 1.43. The van der Waals surface area contributed by atoms with Crippen LogP contribution in [-0.2, 0) is 18.0 Å². The van der Waals surface area contributed by atoms with Crippen molar-refractivity contribution >= 4 is 23.2 Å². The second-order valence-electron chi connectivity index (χ2n) is 6.10. The molecule has 1 aromatic heterocycles. The van der Waals surface area contributed by atoms with Gasteiger partial charge in [-0.3, -0.25) is 0 Å². The quantitative estimate of drug-likeness (QED) is 0.672. The van der Waals surface area contributed by atoms with Gasteiger partial charge in [-0.2, -0.15) is 18.3 Å². The Kier molecular flexibility index (Phi) is 3.49. The highest BCUT2D eigenvalue weighted by Crippen LogP contribution is 2.41. The monoisotopic (exact) mass is 348 g/mol. The third kappa shape index (κ3) is 2.50. The number of hydrogen-bond donors (Lipinski definition) is 0. The highest BCUT2D eigenvalue weighted by Gasteiger charge is 2.35. The third-order valence-electron chi connectivity index (χ3n) is 4.08. The van der Waals surface area contributed by atoms with E-state index in [-0.39, 0.29) is 21.1 Å². The molecule has 7 heteroatoms. The molecule has 0 N–H and O–H groups in total. The Morgan fingerprint density at radius 3 is 2.27 bits per heavy atom. The van der Waals surface area contributed by atoms with E-state index in [9.17, 15) is 13.2 Å². The number of hydrogen-bond acceptors (Lipinski definition) is 1. The molecule has 0 aliphatic heterocycles. The molecule has 2 nitrogen and oxygen atoms in total. The normalized spacial score (nSPS) is 16.9. The van der Waals surface area contributed by atoms with Crippen LogP contribution in [-0.4, -0.2) is 9.78 Å². The highest BCUT2D eigenvalue weighted by molar-refractivity contribution is 6.37. The van der Waals surface area contributed by atoms with Crippen molar-refractivity contribution in [2.24, 2.45) is 0 Å². The topological polar surface area (TPSA) is 17.8 Å². The Morgan fingerprint density at radius 1 is 1.18 bits per heavy atom. The van der Waals surface area contributed by atoms with Crippen molar-refractivity contribution in [3.8, 4) is 5.69 Å². The zero-order valence-corrected chi connectivity index (χ0v) is 13.4. The van der Waals surface area contributed by atoms with E-state index in [1.54, 1.807) is 0 Å². The Morgan fingerprint density at radius 2 is 1.77 bits per heavy atom. The van der Waals surface area contributed by atoms with Crippen molar-refractivity contribution in [3.63, 3.8) is 0 Å². The van der Waals surface area contributed by atoms with Crippen LogP contribution in [0.1, 0.15) is 37.1 Å². The molecular formula is C15H13Cl2F3N2. The molecule has 0 amide bonds. The molecule has 1 aliphatic carbocycles. The van der Waals surface area contributed by atoms with Gasteiger partial charge in [-0.1, -0.05) is 37.0 Å². The minimum Gasteiger partial charge on any atom is -0.237 e. The lowest BCUT2D eigenvalue weighted by Gasteiger charge is -2.17. The number of benzene rings is 1. The summed E-state index contributed by atoms with van der Waals surface area (Å²) in [7, 11) is 0. The largest absolute Gasteiger partial charge is 0.416 e. The van der Waals surface area contributed by atoms with E-state index in [0.29, 0.717) is 0 Å². The predicted octanol–water partition coefficient (Wildman–Crippen LogP) is 5.42. The number of aromatic nitrogens is 2. The fraction of sp³-hybridized carbons (Fsp3) is 0.400. The average molecular weight is 349 g/mol. The maximum atomic E-state index is 12.8. The molecule has 0 saturated carbocycles. The summed E-state index contributed by atoms with van der Waals surface area (Å²) in [6, 6.07) is 1.75. The van der Waals surface area contributed by atoms with E-state index in [4.69, 9.17) is 23.2 Å². The van der Waals surface area contributed by atoms with Gasteiger partial charge in [0.15, 0.2) is 0 Å². The first kappa shape index (κ1) is 15.7. The summed E-state index contributed by atoms with van der Waals surface area (Å²) in [4.78, 5) is 0. The molecule has 3 rings (SSSR count). The van der Waals surface area contributed by atoms with Crippen LogP contribution < -0.4 is 0 Å². The van der Waals surface area contributed by atoms with E-state index in [1.807, 2.05) is 6.20 Å². The lowest BCUT2D eigenvalue weighted by Crippen LogP contribution is -2.12. The number of fused-ring (bicyclic) bond motifs is 1. The molecule has 1 aliphatic rings. The zero-order valence-electron chi connectivity index (χ0n) is 11.9. The Balaban J connectivity index is 2.11. The first-order chi connectivity index (χ1) is 10.1. The Labute approximate surface area is 135 Å². The predicted molar refractivity (Wildman–Crippen MR) is 79.9 cm³/mol. The summed E-state index contributed by atoms with van der Waals surface area (Å²) in [5.74, 6) is 0. The van der Waals surface area contributed by atoms with Crippen molar-refractivity contribution in [2.45, 2.75) is 38.3 Å². The molecule has 1 aromatic carbocycles. The molecule has 0 spiro atoms. The minimum atomic E-state index is -4.49. The van der Waals surface area contributed by atoms with Crippen molar-refractivity contribution in [2.75, 3.05) is 0 Å². The first-order valence-electron chi connectivity index (χ1n) is 6.75. The Hall–Kier alpha value is -1.20. The van der Waals surface area contributed by atoms with Gasteiger partial charge in [0.25, 0.3) is 0 Å². The SMILES string of the molecule is CC1(C)CCc2nn(-c3c(Cl)cc(C(F)(F)F)cc3Cl)cc21. The fourth-order valence-corrected chi connectivity index (χ4v) is 3.45. The van der Waals surface area contributed by atoms with Crippen LogP contribution in [0.2, 0.25) is 10.0 Å². The molecule has 22 heavy (non-hydrogen) atoms. The van der Waals surface area contributed by atoms with E-state index in [2.05, 4.69) is 18.9 Å². The van der Waals surface area contributed by atoms with Crippen LogP contribution in [0, 0.1) is 0 Å². The molecule has 0 bridgehead atoms. The molecule has 2 aromatic rings. The summed E-state index contributed by atoms with van der Waals surface area (Å²) >= 11 is 12.0. The van der Waals surface area contributed by atoms with E-state index in [0.717, 1.165) is 36.2 Å². The average Bonchev–Trinajstić information content (AvgIpc) is 2.89. The molecule has 0 unspecified atom stereocenters. The zero-order chi connectivity index (χ0) is 16.3. The summed E-state index contributed by atoms with van der Waals surface area (Å²) in [5, 5.41) is 4.30. The molecular weight excluding hydrogens is 336 g/mol. The van der Waals surface area contributed by atoms with Crippen LogP contribution in [0.15, 0.2) is 18.3 Å². The first-order valence-corrected chi connectivity index (χ1v) is 7.51. The number of nitrogens with zero attached hydrogens (tertiary/aromatic N) is 2. The van der Waals surface area contributed by atoms with Gasteiger partial charge in [0.05, 0.1) is 21.3 Å². The number of rotatable bonds is 1. The number of aryl methyl sites for hydroxylation is 1. The fourth-order valence-electron chi connectivity index (χ4n) is 2.79. The standard InChI is InChI=1S/C15H13Cl2F3N2/c1-14(2)4-3-12-9(14)7-22(21-12)13-10(16)5-8(6-11(13)17)15(18,19)20/h5-7H,3-4H2,1-2H3. The van der Waals surface area contributed by atoms with Crippen LogP contribution in [0.5, 0.6) is 0 Å². The maximum absolute atomic E-state index is 12.8. The van der Waals surface area contributed by atoms with E-state index >= 15 is 0 Å². The smallest absolute Gasteiger partial charge is 0.237 e. The number of alkyl halides is 3. The van der Waals surface area contributed by atoms with Crippen molar-refractivity contribution in [1.29, 1.82) is 0 Å². The molecule has 0 saturated heterocycles. The molecule has 1 heterocycles. The van der Waals surface area contributed by atoms with Crippen molar-refractivity contribution in [3.05, 3.63) is 45.2 Å². The molecule has 0 atom stereocenters. The van der Waals surface area contributed by atoms with Gasteiger partial charge in [0, 0.05) is 6.20 Å². The van der Waals surface area contributed by atoms with Gasteiger partial charge in [0.1, 0.15) is 5.69 Å². The highest BCUT2D eigenvalue weighted by atomic mass is 35.5. The third-order valence-corrected chi connectivity index (χ3v) is 4.66. The lowest BCUT2D eigenvalue weighted by atomic mass is 9.88. The Bertz CT molecular complexity index is 725. The maximum Gasteiger partial charge on any atom is 0.416 e. The van der Waals surface area contributed by atoms with Crippen LogP contribution in [0.3, 0.4) is 0 Å². The van der Waals surface area contributed by atoms with Gasteiger partial charge in [-0.15, -0.1) is 0 Å². The lowest BCUT2D eigenvalue weighted by molar-refractivity contribution is -0.137. The van der Waals surface area contributed by atoms with Gasteiger partial charge < -0.3 is 0 Å². The van der Waals surface area contributed by atoms with Crippen LogP contribution in [0.4, 0.5) is 13.2 Å². The van der Waals surface area contributed by atoms with Gasteiger partial charge in [-0.05, 0) is 36.0 Å². The molecule has 118 valence electrons. The van der Waals surface area contributed by atoms with Gasteiger partial charge in [0.2, 0.25) is 0 Å². The number of halogens is 5. The van der Waals surface area contributed by atoms with E-state index < -0.39 is 11.7 Å². The second kappa shape index (κ2) is 4.90. The second-order valence-corrected chi connectivity index (χ2v) is 6.92. The van der Waals surface area contributed by atoms with Crippen LogP contribution >= 0.6 is 23.2 Å².